The van der Waals surface area contributed by atoms with Gasteiger partial charge in [0.15, 0.2) is 5.69 Å². The topological polar surface area (TPSA) is 117 Å². The van der Waals surface area contributed by atoms with Gasteiger partial charge in [-0.1, -0.05) is 51.2 Å². The van der Waals surface area contributed by atoms with Crippen LogP contribution in [0, 0.1) is 6.92 Å². The van der Waals surface area contributed by atoms with Gasteiger partial charge >= 0.3 is 6.01 Å². The van der Waals surface area contributed by atoms with Crippen LogP contribution in [0.15, 0.2) is 23.6 Å². The first-order chi connectivity index (χ1) is 18.2. The van der Waals surface area contributed by atoms with Gasteiger partial charge < -0.3 is 29.6 Å². The number of carbonyl (C=O) groups is 1. The van der Waals surface area contributed by atoms with Gasteiger partial charge in [-0.25, -0.2) is 0 Å². The van der Waals surface area contributed by atoms with Gasteiger partial charge in [0.2, 0.25) is 11.8 Å². The highest BCUT2D eigenvalue weighted by Crippen LogP contribution is 2.35. The second kappa shape index (κ2) is 13.4. The standard InChI is InChI=1S/C27H37N5O5S/c1-8-12-28-13-9-14-36-25-31-23(34-6)21(24(32-25)35-7)30-22(33)19-16-38-26(29-19)37-20-15-18(27(3,4)5)11-10-17(20)2/h10-11,15-16,28H,8-9,12-14H2,1-7H3,(H,30,33). The molecule has 2 heterocycles. The Labute approximate surface area is 228 Å². The van der Waals surface area contributed by atoms with Crippen molar-refractivity contribution in [2.24, 2.45) is 0 Å². The first kappa shape index (κ1) is 29.1. The number of aromatic nitrogens is 3. The lowest BCUT2D eigenvalue weighted by atomic mass is 9.86. The molecule has 206 valence electrons. The highest BCUT2D eigenvalue weighted by molar-refractivity contribution is 7.11. The molecule has 0 atom stereocenters. The minimum atomic E-state index is -0.480. The minimum absolute atomic E-state index is 0.0215. The Bertz CT molecular complexity index is 1200. The van der Waals surface area contributed by atoms with E-state index in [1.54, 1.807) is 5.38 Å². The van der Waals surface area contributed by atoms with Crippen molar-refractivity contribution in [1.82, 2.24) is 20.3 Å². The third-order valence-corrected chi connectivity index (χ3v) is 6.29. The Morgan fingerprint density at radius 1 is 1.05 bits per heavy atom. The molecule has 1 amide bonds. The Hall–Kier alpha value is -3.44. The number of carbonyl (C=O) groups excluding carboxylic acids is 1. The van der Waals surface area contributed by atoms with E-state index in [1.165, 1.54) is 25.6 Å². The van der Waals surface area contributed by atoms with Crippen LogP contribution in [0.3, 0.4) is 0 Å². The van der Waals surface area contributed by atoms with E-state index in [-0.39, 0.29) is 34.6 Å². The normalized spacial score (nSPS) is 11.2. The van der Waals surface area contributed by atoms with Gasteiger partial charge in [0.25, 0.3) is 11.1 Å². The maximum atomic E-state index is 13.0. The number of hydrogen-bond donors (Lipinski definition) is 2. The van der Waals surface area contributed by atoms with Gasteiger partial charge in [0, 0.05) is 5.38 Å². The van der Waals surface area contributed by atoms with E-state index in [2.05, 4.69) is 59.3 Å². The molecule has 0 unspecified atom stereocenters. The molecule has 0 aliphatic heterocycles. The lowest BCUT2D eigenvalue weighted by Gasteiger charge is -2.20. The van der Waals surface area contributed by atoms with Crippen LogP contribution in [-0.2, 0) is 5.41 Å². The molecule has 0 aliphatic carbocycles. The number of methoxy groups -OCH3 is 2. The molecule has 2 N–H and O–H groups in total. The lowest BCUT2D eigenvalue weighted by molar-refractivity contribution is 0.102. The Morgan fingerprint density at radius 2 is 1.76 bits per heavy atom. The fourth-order valence-electron chi connectivity index (χ4n) is 3.39. The van der Waals surface area contributed by atoms with Crippen LogP contribution in [0.2, 0.25) is 0 Å². The van der Waals surface area contributed by atoms with Crippen molar-refractivity contribution in [2.45, 2.75) is 52.9 Å². The van der Waals surface area contributed by atoms with Crippen LogP contribution >= 0.6 is 11.3 Å². The molecular formula is C27H37N5O5S. The fourth-order valence-corrected chi connectivity index (χ4v) is 4.05. The average molecular weight is 544 g/mol. The van der Waals surface area contributed by atoms with E-state index < -0.39 is 5.91 Å². The second-order valence-corrected chi connectivity index (χ2v) is 10.5. The fraction of sp³-hybridized carbons (Fsp3) is 0.481. The summed E-state index contributed by atoms with van der Waals surface area (Å²) >= 11 is 1.23. The van der Waals surface area contributed by atoms with Crippen molar-refractivity contribution >= 4 is 22.9 Å². The maximum absolute atomic E-state index is 13.0. The predicted molar refractivity (Wildman–Crippen MR) is 148 cm³/mol. The van der Waals surface area contributed by atoms with Crippen LogP contribution in [0.5, 0.6) is 28.7 Å². The molecule has 0 bridgehead atoms. The van der Waals surface area contributed by atoms with E-state index in [0.717, 1.165) is 37.1 Å². The smallest absolute Gasteiger partial charge is 0.323 e. The molecule has 0 radical (unpaired) electrons. The Balaban J connectivity index is 1.71. The van der Waals surface area contributed by atoms with Crippen molar-refractivity contribution in [3.63, 3.8) is 0 Å². The van der Waals surface area contributed by atoms with Gasteiger partial charge in [0.1, 0.15) is 11.4 Å². The molecule has 2 aromatic heterocycles. The van der Waals surface area contributed by atoms with E-state index in [0.29, 0.717) is 17.6 Å². The summed E-state index contributed by atoms with van der Waals surface area (Å²) in [5.74, 6) is 0.454. The van der Waals surface area contributed by atoms with E-state index in [9.17, 15) is 4.79 Å². The Kier molecular flexibility index (Phi) is 10.3. The third-order valence-electron chi connectivity index (χ3n) is 5.57. The van der Waals surface area contributed by atoms with E-state index in [1.807, 2.05) is 19.1 Å². The molecule has 1 aromatic carbocycles. The molecule has 0 fully saturated rings. The number of anilines is 1. The average Bonchev–Trinajstić information content (AvgIpc) is 3.36. The number of aryl methyl sites for hydroxylation is 1. The van der Waals surface area contributed by atoms with Gasteiger partial charge in [-0.15, -0.1) is 0 Å². The number of benzene rings is 1. The molecule has 0 saturated heterocycles. The summed E-state index contributed by atoms with van der Waals surface area (Å²) in [5.41, 5.74) is 2.46. The monoisotopic (exact) mass is 543 g/mol. The summed E-state index contributed by atoms with van der Waals surface area (Å²) in [6, 6.07) is 6.22. The summed E-state index contributed by atoms with van der Waals surface area (Å²) in [4.78, 5) is 25.9. The largest absolute Gasteiger partial charge is 0.479 e. The second-order valence-electron chi connectivity index (χ2n) is 9.64. The van der Waals surface area contributed by atoms with Crippen molar-refractivity contribution in [3.05, 3.63) is 40.4 Å². The van der Waals surface area contributed by atoms with Crippen molar-refractivity contribution in [3.8, 4) is 28.7 Å². The number of hydrogen-bond acceptors (Lipinski definition) is 10. The number of amides is 1. The van der Waals surface area contributed by atoms with Crippen LogP contribution in [0.4, 0.5) is 5.69 Å². The SMILES string of the molecule is CCCNCCCOc1nc(OC)c(NC(=O)c2csc(Oc3cc(C(C)(C)C)ccc3C)n2)c(OC)n1. The Morgan fingerprint density at radius 3 is 2.39 bits per heavy atom. The number of ether oxygens (including phenoxy) is 4. The molecule has 3 aromatic rings. The zero-order valence-electron chi connectivity index (χ0n) is 23.1. The molecule has 11 heteroatoms. The van der Waals surface area contributed by atoms with Crippen LogP contribution < -0.4 is 29.6 Å². The number of nitrogens with zero attached hydrogens (tertiary/aromatic N) is 3. The third kappa shape index (κ3) is 7.78. The minimum Gasteiger partial charge on any atom is -0.479 e. The summed E-state index contributed by atoms with van der Waals surface area (Å²) in [6.07, 6.45) is 1.87. The van der Waals surface area contributed by atoms with Crippen molar-refractivity contribution in [1.29, 1.82) is 0 Å². The quantitative estimate of drug-likeness (QED) is 0.274. The van der Waals surface area contributed by atoms with Crippen LogP contribution in [-0.4, -0.2) is 54.8 Å². The van der Waals surface area contributed by atoms with Gasteiger partial charge in [-0.3, -0.25) is 4.79 Å². The highest BCUT2D eigenvalue weighted by Gasteiger charge is 2.22. The highest BCUT2D eigenvalue weighted by atomic mass is 32.1. The molecule has 38 heavy (non-hydrogen) atoms. The van der Waals surface area contributed by atoms with Gasteiger partial charge in [-0.05, 0) is 55.5 Å². The predicted octanol–water partition coefficient (Wildman–Crippen LogP) is 5.37. The first-order valence-corrected chi connectivity index (χ1v) is 13.4. The van der Waals surface area contributed by atoms with Crippen molar-refractivity contribution < 1.29 is 23.7 Å². The molecule has 3 rings (SSSR count). The summed E-state index contributed by atoms with van der Waals surface area (Å²) in [6.45, 7) is 12.7. The van der Waals surface area contributed by atoms with Crippen LogP contribution in [0.1, 0.15) is 62.2 Å². The van der Waals surface area contributed by atoms with E-state index in [4.69, 9.17) is 18.9 Å². The summed E-state index contributed by atoms with van der Waals surface area (Å²) in [5, 5.41) is 8.03. The summed E-state index contributed by atoms with van der Waals surface area (Å²) in [7, 11) is 2.89. The zero-order chi connectivity index (χ0) is 27.7. The van der Waals surface area contributed by atoms with Gasteiger partial charge in [0.05, 0.1) is 20.8 Å². The number of thiazole rings is 1. The zero-order valence-corrected chi connectivity index (χ0v) is 24.0. The van der Waals surface area contributed by atoms with Crippen molar-refractivity contribution in [2.75, 3.05) is 39.2 Å². The first-order valence-electron chi connectivity index (χ1n) is 12.6. The van der Waals surface area contributed by atoms with Gasteiger partial charge in [-0.2, -0.15) is 15.0 Å². The molecule has 10 nitrogen and oxygen atoms in total. The number of rotatable bonds is 13. The molecular weight excluding hydrogens is 506 g/mol. The lowest BCUT2D eigenvalue weighted by Crippen LogP contribution is -2.18. The van der Waals surface area contributed by atoms with E-state index >= 15 is 0 Å². The maximum Gasteiger partial charge on any atom is 0.323 e. The summed E-state index contributed by atoms with van der Waals surface area (Å²) < 4.78 is 22.4. The molecule has 0 aliphatic rings. The van der Waals surface area contributed by atoms with Crippen LogP contribution in [0.25, 0.3) is 0 Å². The molecule has 0 saturated carbocycles. The number of nitrogens with one attached hydrogen (secondary N) is 2. The molecule has 0 spiro atoms.